The van der Waals surface area contributed by atoms with Gasteiger partial charge in [-0.2, -0.15) is 0 Å². The summed E-state index contributed by atoms with van der Waals surface area (Å²) in [4.78, 5) is 16.5. The Labute approximate surface area is 122 Å². The van der Waals surface area contributed by atoms with Crippen LogP contribution in [-0.2, 0) is 4.79 Å². The molecule has 0 aliphatic carbocycles. The molecule has 0 radical (unpaired) electrons. The summed E-state index contributed by atoms with van der Waals surface area (Å²) in [5.74, 6) is 0.826. The molecule has 5 nitrogen and oxygen atoms in total. The van der Waals surface area contributed by atoms with E-state index in [0.717, 1.165) is 39.3 Å². The molecule has 0 aromatic heterocycles. The first-order chi connectivity index (χ1) is 9.44. The molecule has 0 aromatic rings. The van der Waals surface area contributed by atoms with E-state index in [9.17, 15) is 9.90 Å². The third-order valence-corrected chi connectivity index (χ3v) is 4.20. The summed E-state index contributed by atoms with van der Waals surface area (Å²) in [6.45, 7) is 9.79. The fourth-order valence-electron chi connectivity index (χ4n) is 3.18. The smallest absolute Gasteiger partial charge is 0.222 e. The molecule has 2 aliphatic heterocycles. The van der Waals surface area contributed by atoms with Crippen LogP contribution in [0.1, 0.15) is 33.1 Å². The van der Waals surface area contributed by atoms with E-state index < -0.39 is 5.60 Å². The lowest BCUT2D eigenvalue weighted by Crippen LogP contribution is -2.52. The number of piperidine rings is 1. The lowest BCUT2D eigenvalue weighted by molar-refractivity contribution is -0.134. The van der Waals surface area contributed by atoms with Crippen LogP contribution in [0.15, 0.2) is 0 Å². The van der Waals surface area contributed by atoms with Crippen molar-refractivity contribution < 1.29 is 9.90 Å². The standard InChI is InChI=1S/C15H29N3O2/c1-15(2,20)12-17-6-8-18(9-7-17)14(19)10-13-4-3-5-16-11-13/h13,16,20H,3-12H2,1-2H3. The summed E-state index contributed by atoms with van der Waals surface area (Å²) in [7, 11) is 0. The van der Waals surface area contributed by atoms with E-state index in [4.69, 9.17) is 0 Å². The molecule has 2 fully saturated rings. The van der Waals surface area contributed by atoms with Crippen LogP contribution in [0.2, 0.25) is 0 Å². The molecule has 5 heteroatoms. The van der Waals surface area contributed by atoms with Crippen molar-refractivity contribution in [2.24, 2.45) is 5.92 Å². The molecule has 1 amide bonds. The van der Waals surface area contributed by atoms with Crippen LogP contribution in [0.3, 0.4) is 0 Å². The summed E-state index contributed by atoms with van der Waals surface area (Å²) in [5.41, 5.74) is -0.653. The maximum Gasteiger partial charge on any atom is 0.222 e. The first-order valence-electron chi connectivity index (χ1n) is 7.87. The predicted octanol–water partition coefficient (Wildman–Crippen LogP) is 0.291. The molecule has 116 valence electrons. The third kappa shape index (κ3) is 5.04. The van der Waals surface area contributed by atoms with Crippen molar-refractivity contribution in [1.82, 2.24) is 15.1 Å². The molecule has 0 aromatic carbocycles. The number of aliphatic hydroxyl groups is 1. The van der Waals surface area contributed by atoms with Crippen molar-refractivity contribution in [2.75, 3.05) is 45.8 Å². The van der Waals surface area contributed by atoms with Crippen molar-refractivity contribution >= 4 is 5.91 Å². The van der Waals surface area contributed by atoms with Gasteiger partial charge in [-0.1, -0.05) is 0 Å². The summed E-state index contributed by atoms with van der Waals surface area (Å²) in [5, 5.41) is 13.2. The minimum Gasteiger partial charge on any atom is -0.389 e. The average Bonchev–Trinajstić information content (AvgIpc) is 2.39. The number of β-amino-alcohol motifs (C(OH)–C–C–N with tert-alkyl or cyclic N) is 1. The summed E-state index contributed by atoms with van der Waals surface area (Å²) < 4.78 is 0. The van der Waals surface area contributed by atoms with Gasteiger partial charge in [0.15, 0.2) is 0 Å². The van der Waals surface area contributed by atoms with Gasteiger partial charge in [0.25, 0.3) is 0 Å². The molecule has 2 rings (SSSR count). The van der Waals surface area contributed by atoms with Gasteiger partial charge >= 0.3 is 0 Å². The zero-order valence-electron chi connectivity index (χ0n) is 12.9. The highest BCUT2D eigenvalue weighted by atomic mass is 16.3. The highest BCUT2D eigenvalue weighted by Crippen LogP contribution is 2.16. The SMILES string of the molecule is CC(C)(O)CN1CCN(C(=O)CC2CCCNC2)CC1. The van der Waals surface area contributed by atoms with E-state index in [1.807, 2.05) is 18.7 Å². The fourth-order valence-corrected chi connectivity index (χ4v) is 3.18. The van der Waals surface area contributed by atoms with Crippen molar-refractivity contribution in [1.29, 1.82) is 0 Å². The molecule has 0 saturated carbocycles. The number of piperazine rings is 1. The number of hydrogen-bond acceptors (Lipinski definition) is 4. The molecule has 2 heterocycles. The van der Waals surface area contributed by atoms with Crippen molar-refractivity contribution in [2.45, 2.75) is 38.7 Å². The van der Waals surface area contributed by atoms with Crippen LogP contribution in [0, 0.1) is 5.92 Å². The Morgan fingerprint density at radius 3 is 2.55 bits per heavy atom. The largest absolute Gasteiger partial charge is 0.389 e. The van der Waals surface area contributed by atoms with Gasteiger partial charge in [-0.15, -0.1) is 0 Å². The summed E-state index contributed by atoms with van der Waals surface area (Å²) >= 11 is 0. The maximum atomic E-state index is 12.3. The molecular weight excluding hydrogens is 254 g/mol. The van der Waals surface area contributed by atoms with Gasteiger partial charge in [0.05, 0.1) is 5.60 Å². The Kier molecular flexibility index (Phi) is 5.41. The number of rotatable bonds is 4. The van der Waals surface area contributed by atoms with Gasteiger partial charge in [0, 0.05) is 39.1 Å². The molecule has 2 aliphatic rings. The number of hydrogen-bond donors (Lipinski definition) is 2. The molecule has 0 spiro atoms. The van der Waals surface area contributed by atoms with Gasteiger partial charge in [-0.05, 0) is 45.7 Å². The van der Waals surface area contributed by atoms with Gasteiger partial charge in [-0.3, -0.25) is 9.69 Å². The van der Waals surface area contributed by atoms with Crippen LogP contribution in [0.4, 0.5) is 0 Å². The van der Waals surface area contributed by atoms with Crippen LogP contribution in [-0.4, -0.2) is 72.2 Å². The quantitative estimate of drug-likeness (QED) is 0.779. The van der Waals surface area contributed by atoms with E-state index in [0.29, 0.717) is 24.8 Å². The lowest BCUT2D eigenvalue weighted by Gasteiger charge is -2.38. The van der Waals surface area contributed by atoms with Gasteiger partial charge in [-0.25, -0.2) is 0 Å². The Bertz CT molecular complexity index is 314. The van der Waals surface area contributed by atoms with Crippen molar-refractivity contribution in [3.8, 4) is 0 Å². The van der Waals surface area contributed by atoms with E-state index in [2.05, 4.69) is 10.2 Å². The van der Waals surface area contributed by atoms with Crippen molar-refractivity contribution in [3.63, 3.8) is 0 Å². The monoisotopic (exact) mass is 283 g/mol. The summed E-state index contributed by atoms with van der Waals surface area (Å²) in [6, 6.07) is 0. The first kappa shape index (κ1) is 15.7. The molecule has 0 bridgehead atoms. The minimum absolute atomic E-state index is 0.307. The fraction of sp³-hybridized carbons (Fsp3) is 0.933. The third-order valence-electron chi connectivity index (χ3n) is 4.20. The molecule has 2 saturated heterocycles. The first-order valence-corrected chi connectivity index (χ1v) is 7.87. The topological polar surface area (TPSA) is 55.8 Å². The molecular formula is C15H29N3O2. The number of nitrogens with zero attached hydrogens (tertiary/aromatic N) is 2. The second-order valence-corrected chi connectivity index (χ2v) is 6.89. The average molecular weight is 283 g/mol. The molecule has 1 unspecified atom stereocenters. The van der Waals surface area contributed by atoms with Gasteiger partial charge in [0.1, 0.15) is 0 Å². The minimum atomic E-state index is -0.653. The highest BCUT2D eigenvalue weighted by molar-refractivity contribution is 5.76. The second-order valence-electron chi connectivity index (χ2n) is 6.89. The van der Waals surface area contributed by atoms with E-state index in [1.54, 1.807) is 0 Å². The van der Waals surface area contributed by atoms with Crippen molar-refractivity contribution in [3.05, 3.63) is 0 Å². The zero-order valence-corrected chi connectivity index (χ0v) is 12.9. The molecule has 2 N–H and O–H groups in total. The van der Waals surface area contributed by atoms with E-state index in [1.165, 1.54) is 12.8 Å². The second kappa shape index (κ2) is 6.87. The Morgan fingerprint density at radius 2 is 2.00 bits per heavy atom. The van der Waals surface area contributed by atoms with Gasteiger partial charge in [0.2, 0.25) is 5.91 Å². The van der Waals surface area contributed by atoms with Crippen LogP contribution in [0.5, 0.6) is 0 Å². The number of carbonyl (C=O) groups is 1. The predicted molar refractivity (Wildman–Crippen MR) is 79.5 cm³/mol. The lowest BCUT2D eigenvalue weighted by atomic mass is 9.95. The molecule has 1 atom stereocenters. The Hall–Kier alpha value is -0.650. The Morgan fingerprint density at radius 1 is 1.30 bits per heavy atom. The number of amides is 1. The summed E-state index contributed by atoms with van der Waals surface area (Å²) in [6.07, 6.45) is 3.06. The molecule has 20 heavy (non-hydrogen) atoms. The maximum absolute atomic E-state index is 12.3. The Balaban J connectivity index is 1.71. The van der Waals surface area contributed by atoms with Crippen LogP contribution < -0.4 is 5.32 Å². The number of nitrogens with one attached hydrogen (secondary N) is 1. The normalized spacial score (nSPS) is 25.8. The van der Waals surface area contributed by atoms with E-state index in [-0.39, 0.29) is 0 Å². The van der Waals surface area contributed by atoms with Crippen LogP contribution in [0.25, 0.3) is 0 Å². The van der Waals surface area contributed by atoms with E-state index >= 15 is 0 Å². The van der Waals surface area contributed by atoms with Crippen LogP contribution >= 0.6 is 0 Å². The van der Waals surface area contributed by atoms with Gasteiger partial charge < -0.3 is 15.3 Å². The highest BCUT2D eigenvalue weighted by Gasteiger charge is 2.26. The zero-order chi connectivity index (χ0) is 14.6. The number of carbonyl (C=O) groups excluding carboxylic acids is 1.